The standard InChI is InChI=1S/C19H19N3O3S2/c1-13(2)17-12-26-19(20-17)21-18(23)14-8-10-15(11-9-14)22-27(24,25)16-6-4-3-5-7-16/h3-13,22H,1-2H3,(H,20,21,23). The minimum atomic E-state index is -3.66. The third-order valence-corrected chi connectivity index (χ3v) is 5.96. The number of nitrogens with one attached hydrogen (secondary N) is 2. The lowest BCUT2D eigenvalue weighted by Gasteiger charge is -2.08. The molecule has 0 fully saturated rings. The molecule has 3 rings (SSSR count). The Labute approximate surface area is 162 Å². The predicted octanol–water partition coefficient (Wildman–Crippen LogP) is 4.32. The number of hydrogen-bond donors (Lipinski definition) is 2. The molecule has 0 saturated heterocycles. The molecular formula is C19H19N3O3S2. The fraction of sp³-hybridized carbons (Fsp3) is 0.158. The van der Waals surface area contributed by atoms with Crippen LogP contribution in [0.25, 0.3) is 0 Å². The molecule has 0 aliphatic heterocycles. The number of carbonyl (C=O) groups excluding carboxylic acids is 1. The summed E-state index contributed by atoms with van der Waals surface area (Å²) in [6.07, 6.45) is 0. The normalized spacial score (nSPS) is 11.4. The Morgan fingerprint density at radius 1 is 1.04 bits per heavy atom. The molecule has 6 nitrogen and oxygen atoms in total. The van der Waals surface area contributed by atoms with E-state index in [2.05, 4.69) is 15.0 Å². The lowest BCUT2D eigenvalue weighted by atomic mass is 10.2. The Balaban J connectivity index is 1.68. The van der Waals surface area contributed by atoms with Crippen molar-refractivity contribution < 1.29 is 13.2 Å². The first-order chi connectivity index (χ1) is 12.8. The first-order valence-electron chi connectivity index (χ1n) is 8.30. The van der Waals surface area contributed by atoms with Crippen LogP contribution in [0.5, 0.6) is 0 Å². The molecule has 8 heteroatoms. The molecule has 0 bridgehead atoms. The topological polar surface area (TPSA) is 88.2 Å². The lowest BCUT2D eigenvalue weighted by Crippen LogP contribution is -2.14. The molecule has 0 spiro atoms. The van der Waals surface area contributed by atoms with E-state index in [4.69, 9.17) is 0 Å². The molecule has 2 aromatic carbocycles. The van der Waals surface area contributed by atoms with E-state index in [1.165, 1.54) is 23.5 Å². The number of rotatable bonds is 6. The number of amides is 1. The fourth-order valence-electron chi connectivity index (χ4n) is 2.28. The van der Waals surface area contributed by atoms with Crippen LogP contribution in [0.4, 0.5) is 10.8 Å². The van der Waals surface area contributed by atoms with Gasteiger partial charge in [0, 0.05) is 16.6 Å². The van der Waals surface area contributed by atoms with E-state index >= 15 is 0 Å². The van der Waals surface area contributed by atoms with E-state index in [1.807, 2.05) is 19.2 Å². The van der Waals surface area contributed by atoms with Crippen molar-refractivity contribution in [2.24, 2.45) is 0 Å². The summed E-state index contributed by atoms with van der Waals surface area (Å²) in [6.45, 7) is 4.08. The van der Waals surface area contributed by atoms with Crippen LogP contribution in [0, 0.1) is 0 Å². The van der Waals surface area contributed by atoms with E-state index in [0.717, 1.165) is 5.69 Å². The summed E-state index contributed by atoms with van der Waals surface area (Å²) in [4.78, 5) is 16.9. The maximum atomic E-state index is 12.3. The third kappa shape index (κ3) is 4.72. The summed E-state index contributed by atoms with van der Waals surface area (Å²) < 4.78 is 27.1. The van der Waals surface area contributed by atoms with Crippen molar-refractivity contribution >= 4 is 38.1 Å². The Hall–Kier alpha value is -2.71. The van der Waals surface area contributed by atoms with Gasteiger partial charge in [0.15, 0.2) is 5.13 Å². The Bertz CT molecular complexity index is 1030. The average molecular weight is 402 g/mol. The number of anilines is 2. The maximum Gasteiger partial charge on any atom is 0.261 e. The van der Waals surface area contributed by atoms with Gasteiger partial charge in [-0.3, -0.25) is 14.8 Å². The van der Waals surface area contributed by atoms with Gasteiger partial charge in [0.05, 0.1) is 10.6 Å². The summed E-state index contributed by atoms with van der Waals surface area (Å²) in [5.41, 5.74) is 1.73. The monoisotopic (exact) mass is 401 g/mol. The van der Waals surface area contributed by atoms with Crippen LogP contribution in [0.1, 0.15) is 35.8 Å². The summed E-state index contributed by atoms with van der Waals surface area (Å²) in [5.74, 6) is 0.000876. The SMILES string of the molecule is CC(C)c1csc(NC(=O)c2ccc(NS(=O)(=O)c3ccccc3)cc2)n1. The zero-order valence-electron chi connectivity index (χ0n) is 14.8. The smallest absolute Gasteiger partial charge is 0.261 e. The van der Waals surface area contributed by atoms with Gasteiger partial charge in [-0.25, -0.2) is 13.4 Å². The van der Waals surface area contributed by atoms with Gasteiger partial charge >= 0.3 is 0 Å². The molecule has 0 aliphatic rings. The van der Waals surface area contributed by atoms with Gasteiger partial charge in [-0.1, -0.05) is 32.0 Å². The maximum absolute atomic E-state index is 12.3. The Morgan fingerprint density at radius 3 is 2.30 bits per heavy atom. The first-order valence-corrected chi connectivity index (χ1v) is 10.7. The van der Waals surface area contributed by atoms with Crippen LogP contribution in [-0.2, 0) is 10.0 Å². The number of nitrogens with zero attached hydrogens (tertiary/aromatic N) is 1. The van der Waals surface area contributed by atoms with Crippen LogP contribution in [0.3, 0.4) is 0 Å². The molecule has 0 unspecified atom stereocenters. The van der Waals surface area contributed by atoms with Gasteiger partial charge < -0.3 is 0 Å². The molecule has 2 N–H and O–H groups in total. The van der Waals surface area contributed by atoms with Gasteiger partial charge in [0.1, 0.15) is 0 Å². The number of aromatic nitrogens is 1. The number of benzene rings is 2. The highest BCUT2D eigenvalue weighted by atomic mass is 32.2. The molecule has 0 aliphatic carbocycles. The number of carbonyl (C=O) groups is 1. The van der Waals surface area contributed by atoms with Gasteiger partial charge in [-0.05, 0) is 42.3 Å². The molecular weight excluding hydrogens is 382 g/mol. The second kappa shape index (κ2) is 7.89. The highest BCUT2D eigenvalue weighted by Crippen LogP contribution is 2.22. The zero-order valence-corrected chi connectivity index (χ0v) is 16.5. The average Bonchev–Trinajstić information content (AvgIpc) is 3.11. The minimum Gasteiger partial charge on any atom is -0.298 e. The molecule has 3 aromatic rings. The number of hydrogen-bond acceptors (Lipinski definition) is 5. The van der Waals surface area contributed by atoms with Crippen molar-refractivity contribution in [3.05, 3.63) is 71.2 Å². The third-order valence-electron chi connectivity index (χ3n) is 3.79. The summed E-state index contributed by atoms with van der Waals surface area (Å²) in [5, 5.41) is 5.21. The van der Waals surface area contributed by atoms with Crippen molar-refractivity contribution in [2.75, 3.05) is 10.0 Å². The van der Waals surface area contributed by atoms with E-state index < -0.39 is 10.0 Å². The quantitative estimate of drug-likeness (QED) is 0.644. The second-order valence-electron chi connectivity index (χ2n) is 6.18. The molecule has 0 atom stereocenters. The molecule has 0 radical (unpaired) electrons. The number of sulfonamides is 1. The lowest BCUT2D eigenvalue weighted by molar-refractivity contribution is 0.102. The van der Waals surface area contributed by atoms with Gasteiger partial charge in [-0.2, -0.15) is 0 Å². The van der Waals surface area contributed by atoms with E-state index in [9.17, 15) is 13.2 Å². The Morgan fingerprint density at radius 2 is 1.70 bits per heavy atom. The molecule has 27 heavy (non-hydrogen) atoms. The van der Waals surface area contributed by atoms with E-state index in [-0.39, 0.29) is 10.8 Å². The van der Waals surface area contributed by atoms with Gasteiger partial charge in [-0.15, -0.1) is 11.3 Å². The van der Waals surface area contributed by atoms with Crippen molar-refractivity contribution in [3.63, 3.8) is 0 Å². The summed E-state index contributed by atoms with van der Waals surface area (Å²) in [7, 11) is -3.66. The fourth-order valence-corrected chi connectivity index (χ4v) is 4.23. The van der Waals surface area contributed by atoms with Crippen LogP contribution in [-0.4, -0.2) is 19.3 Å². The molecule has 1 heterocycles. The van der Waals surface area contributed by atoms with Gasteiger partial charge in [0.2, 0.25) is 0 Å². The predicted molar refractivity (Wildman–Crippen MR) is 108 cm³/mol. The minimum absolute atomic E-state index is 0.177. The van der Waals surface area contributed by atoms with Crippen molar-refractivity contribution in [2.45, 2.75) is 24.7 Å². The summed E-state index contributed by atoms with van der Waals surface area (Å²) >= 11 is 1.37. The second-order valence-corrected chi connectivity index (χ2v) is 8.72. The zero-order chi connectivity index (χ0) is 19.4. The Kier molecular flexibility index (Phi) is 5.57. The van der Waals surface area contributed by atoms with Crippen molar-refractivity contribution in [3.8, 4) is 0 Å². The van der Waals surface area contributed by atoms with E-state index in [0.29, 0.717) is 22.3 Å². The molecule has 0 saturated carbocycles. The first kappa shape index (κ1) is 19.1. The highest BCUT2D eigenvalue weighted by Gasteiger charge is 2.14. The highest BCUT2D eigenvalue weighted by molar-refractivity contribution is 7.92. The largest absolute Gasteiger partial charge is 0.298 e. The van der Waals surface area contributed by atoms with Crippen molar-refractivity contribution in [1.29, 1.82) is 0 Å². The molecule has 140 valence electrons. The van der Waals surface area contributed by atoms with Crippen LogP contribution in [0.15, 0.2) is 64.9 Å². The van der Waals surface area contributed by atoms with Crippen LogP contribution in [0.2, 0.25) is 0 Å². The summed E-state index contributed by atoms with van der Waals surface area (Å²) in [6, 6.07) is 14.3. The molecule has 1 aromatic heterocycles. The molecule has 1 amide bonds. The van der Waals surface area contributed by atoms with Crippen molar-refractivity contribution in [1.82, 2.24) is 4.98 Å². The number of thiazole rings is 1. The van der Waals surface area contributed by atoms with Gasteiger partial charge in [0.25, 0.3) is 15.9 Å². The van der Waals surface area contributed by atoms with Crippen LogP contribution >= 0.6 is 11.3 Å². The van der Waals surface area contributed by atoms with Crippen LogP contribution < -0.4 is 10.0 Å². The van der Waals surface area contributed by atoms with E-state index in [1.54, 1.807) is 42.5 Å².